The summed E-state index contributed by atoms with van der Waals surface area (Å²) in [6.07, 6.45) is 2.45. The molecular weight excluding hydrogens is 112 g/mol. The lowest BCUT2D eigenvalue weighted by molar-refractivity contribution is 0.653. The Hall–Kier alpha value is -0.810. The third-order valence-electron chi connectivity index (χ3n) is 1.59. The summed E-state index contributed by atoms with van der Waals surface area (Å²) in [6, 6.07) is 2.67. The van der Waals surface area contributed by atoms with Gasteiger partial charge in [-0.25, -0.2) is 0 Å². The zero-order chi connectivity index (χ0) is 6.69. The molecule has 2 atom stereocenters. The Morgan fingerprint density at radius 1 is 2.00 bits per heavy atom. The molecule has 0 aliphatic carbocycles. The van der Waals surface area contributed by atoms with Gasteiger partial charge in [-0.3, -0.25) is 0 Å². The maximum atomic E-state index is 8.32. The highest BCUT2D eigenvalue weighted by molar-refractivity contribution is 5.01. The van der Waals surface area contributed by atoms with Crippen LogP contribution >= 0.6 is 0 Å². The van der Waals surface area contributed by atoms with Crippen LogP contribution in [0.2, 0.25) is 0 Å². The molecule has 1 heterocycles. The Bertz CT molecular complexity index is 141. The third kappa shape index (κ3) is 1.55. The highest BCUT2D eigenvalue weighted by Gasteiger charge is 2.27. The molecule has 1 aliphatic heterocycles. The van der Waals surface area contributed by atoms with Gasteiger partial charge in [0, 0.05) is 24.9 Å². The van der Waals surface area contributed by atoms with E-state index in [0.29, 0.717) is 18.4 Å². The van der Waals surface area contributed by atoms with Crippen LogP contribution in [0.1, 0.15) is 6.42 Å². The first-order chi connectivity index (χ1) is 4.38. The van der Waals surface area contributed by atoms with Crippen LogP contribution in [0.4, 0.5) is 0 Å². The molecule has 0 aromatic heterocycles. The van der Waals surface area contributed by atoms with Gasteiger partial charge in [-0.1, -0.05) is 6.08 Å². The highest BCUT2D eigenvalue weighted by atomic mass is 15.1. The summed E-state index contributed by atoms with van der Waals surface area (Å²) in [6.45, 7) is 4.70. The van der Waals surface area contributed by atoms with Crippen molar-refractivity contribution >= 4 is 0 Å². The standard InChI is InChI=1S/C7H10N2/c1-2-6(3-4-8)7-5-9-7/h2,6-7,9H,1,3,5H2. The van der Waals surface area contributed by atoms with Crippen LogP contribution in [-0.4, -0.2) is 12.6 Å². The fourth-order valence-electron chi connectivity index (χ4n) is 0.866. The molecule has 2 heteroatoms. The Kier molecular flexibility index (Phi) is 1.86. The van der Waals surface area contributed by atoms with Crippen molar-refractivity contribution in [2.24, 2.45) is 5.92 Å². The molecule has 0 bridgehead atoms. The van der Waals surface area contributed by atoms with Gasteiger partial charge in [0.15, 0.2) is 0 Å². The minimum absolute atomic E-state index is 0.370. The van der Waals surface area contributed by atoms with E-state index < -0.39 is 0 Å². The SMILES string of the molecule is C=CC(CC#N)C1CN1. The second-order valence-electron chi connectivity index (χ2n) is 2.28. The fraction of sp³-hybridized carbons (Fsp3) is 0.571. The van der Waals surface area contributed by atoms with Crippen molar-refractivity contribution in [1.29, 1.82) is 5.26 Å². The molecule has 0 saturated carbocycles. The molecule has 48 valence electrons. The van der Waals surface area contributed by atoms with E-state index in [1.54, 1.807) is 0 Å². The van der Waals surface area contributed by atoms with Gasteiger partial charge in [-0.05, 0) is 0 Å². The maximum absolute atomic E-state index is 8.32. The molecule has 0 spiro atoms. The first-order valence-electron chi connectivity index (χ1n) is 3.11. The summed E-state index contributed by atoms with van der Waals surface area (Å²) in [5.41, 5.74) is 0. The molecule has 1 fully saturated rings. The number of hydrogen-bond acceptors (Lipinski definition) is 2. The summed E-state index contributed by atoms with van der Waals surface area (Å²) in [7, 11) is 0. The van der Waals surface area contributed by atoms with Crippen LogP contribution in [0.3, 0.4) is 0 Å². The van der Waals surface area contributed by atoms with Crippen molar-refractivity contribution < 1.29 is 0 Å². The van der Waals surface area contributed by atoms with E-state index in [9.17, 15) is 0 Å². The number of nitriles is 1. The average molecular weight is 122 g/mol. The molecule has 2 unspecified atom stereocenters. The first-order valence-corrected chi connectivity index (χ1v) is 3.11. The molecule has 1 saturated heterocycles. The van der Waals surface area contributed by atoms with E-state index in [2.05, 4.69) is 18.0 Å². The van der Waals surface area contributed by atoms with Crippen molar-refractivity contribution in [3.63, 3.8) is 0 Å². The van der Waals surface area contributed by atoms with E-state index in [1.165, 1.54) is 0 Å². The van der Waals surface area contributed by atoms with Crippen LogP contribution in [0.5, 0.6) is 0 Å². The van der Waals surface area contributed by atoms with Gasteiger partial charge in [0.05, 0.1) is 6.07 Å². The van der Waals surface area contributed by atoms with Gasteiger partial charge in [0.2, 0.25) is 0 Å². The molecule has 1 rings (SSSR count). The van der Waals surface area contributed by atoms with Gasteiger partial charge in [0.25, 0.3) is 0 Å². The van der Waals surface area contributed by atoms with Crippen LogP contribution in [-0.2, 0) is 0 Å². The molecule has 0 aromatic carbocycles. The number of hydrogen-bond donors (Lipinski definition) is 1. The van der Waals surface area contributed by atoms with Gasteiger partial charge in [0.1, 0.15) is 0 Å². The minimum Gasteiger partial charge on any atom is -0.311 e. The van der Waals surface area contributed by atoms with Crippen molar-refractivity contribution in [2.75, 3.05) is 6.54 Å². The van der Waals surface area contributed by atoms with E-state index in [0.717, 1.165) is 6.54 Å². The van der Waals surface area contributed by atoms with E-state index >= 15 is 0 Å². The molecule has 1 aliphatic rings. The van der Waals surface area contributed by atoms with Crippen molar-refractivity contribution in [1.82, 2.24) is 5.32 Å². The Labute approximate surface area is 55.2 Å². The maximum Gasteiger partial charge on any atom is 0.0628 e. The minimum atomic E-state index is 0.370. The van der Waals surface area contributed by atoms with Crippen LogP contribution < -0.4 is 5.32 Å². The van der Waals surface area contributed by atoms with Crippen molar-refractivity contribution in [3.8, 4) is 6.07 Å². The number of nitrogens with zero attached hydrogens (tertiary/aromatic N) is 1. The van der Waals surface area contributed by atoms with Crippen molar-refractivity contribution in [3.05, 3.63) is 12.7 Å². The largest absolute Gasteiger partial charge is 0.311 e. The lowest BCUT2D eigenvalue weighted by atomic mass is 10.0. The fourth-order valence-corrected chi connectivity index (χ4v) is 0.866. The number of nitrogens with one attached hydrogen (secondary N) is 1. The molecular formula is C7H10N2. The zero-order valence-corrected chi connectivity index (χ0v) is 5.30. The Balaban J connectivity index is 2.30. The van der Waals surface area contributed by atoms with Crippen LogP contribution in [0.15, 0.2) is 12.7 Å². The molecule has 0 aromatic rings. The molecule has 2 nitrogen and oxygen atoms in total. The molecule has 0 radical (unpaired) electrons. The summed E-state index contributed by atoms with van der Waals surface area (Å²) >= 11 is 0. The second-order valence-corrected chi connectivity index (χ2v) is 2.28. The van der Waals surface area contributed by atoms with Crippen LogP contribution in [0, 0.1) is 17.2 Å². The third-order valence-corrected chi connectivity index (χ3v) is 1.59. The second kappa shape index (κ2) is 2.65. The number of rotatable bonds is 3. The quantitative estimate of drug-likeness (QED) is 0.442. The monoisotopic (exact) mass is 122 g/mol. The van der Waals surface area contributed by atoms with Gasteiger partial charge >= 0.3 is 0 Å². The summed E-state index contributed by atoms with van der Waals surface area (Å²) in [4.78, 5) is 0. The predicted octanol–water partition coefficient (Wildman–Crippen LogP) is 0.674. The van der Waals surface area contributed by atoms with Gasteiger partial charge in [-0.15, -0.1) is 6.58 Å². The van der Waals surface area contributed by atoms with Crippen molar-refractivity contribution in [2.45, 2.75) is 12.5 Å². The molecule has 1 N–H and O–H groups in total. The average Bonchev–Trinajstić information content (AvgIpc) is 2.64. The topological polar surface area (TPSA) is 45.7 Å². The molecule has 0 amide bonds. The van der Waals surface area contributed by atoms with E-state index in [1.807, 2.05) is 6.08 Å². The van der Waals surface area contributed by atoms with Gasteiger partial charge in [-0.2, -0.15) is 5.26 Å². The first kappa shape index (κ1) is 6.31. The lowest BCUT2D eigenvalue weighted by Crippen LogP contribution is -2.05. The Morgan fingerprint density at radius 2 is 2.67 bits per heavy atom. The summed E-state index contributed by atoms with van der Waals surface area (Å²) in [5, 5.41) is 11.5. The van der Waals surface area contributed by atoms with E-state index in [4.69, 9.17) is 5.26 Å². The zero-order valence-electron chi connectivity index (χ0n) is 5.30. The van der Waals surface area contributed by atoms with Crippen LogP contribution in [0.25, 0.3) is 0 Å². The summed E-state index contributed by atoms with van der Waals surface area (Å²) in [5.74, 6) is 0.370. The molecule has 9 heavy (non-hydrogen) atoms. The Morgan fingerprint density at radius 3 is 3.00 bits per heavy atom. The highest BCUT2D eigenvalue weighted by Crippen LogP contribution is 2.15. The predicted molar refractivity (Wildman–Crippen MR) is 35.7 cm³/mol. The van der Waals surface area contributed by atoms with Gasteiger partial charge < -0.3 is 5.32 Å². The summed E-state index contributed by atoms with van der Waals surface area (Å²) < 4.78 is 0. The smallest absolute Gasteiger partial charge is 0.0628 e. The lowest BCUT2D eigenvalue weighted by Gasteiger charge is -2.01. The normalized spacial score (nSPS) is 26.3. The van der Waals surface area contributed by atoms with E-state index in [-0.39, 0.29) is 0 Å².